The first-order chi connectivity index (χ1) is 7.94. The monoisotopic (exact) mass is 272 g/mol. The molecule has 92 valence electrons. The highest BCUT2D eigenvalue weighted by atomic mass is 35.5. The molecular weight excluding hydrogens is 260 g/mol. The zero-order valence-electron chi connectivity index (χ0n) is 9.62. The average molecular weight is 273 g/mol. The lowest BCUT2D eigenvalue weighted by atomic mass is 9.98. The van der Waals surface area contributed by atoms with Gasteiger partial charge >= 0.3 is 0 Å². The number of nitrogens with one attached hydrogen (secondary N) is 1. The van der Waals surface area contributed by atoms with Gasteiger partial charge in [-0.05, 0) is 25.3 Å². The van der Waals surface area contributed by atoms with E-state index in [0.717, 1.165) is 0 Å². The molecule has 0 bridgehead atoms. The summed E-state index contributed by atoms with van der Waals surface area (Å²) in [6.45, 7) is 4.46. The van der Waals surface area contributed by atoms with Crippen molar-refractivity contribution in [3.05, 3.63) is 21.3 Å². The van der Waals surface area contributed by atoms with Crippen LogP contribution in [0.4, 0.5) is 0 Å². The summed E-state index contributed by atoms with van der Waals surface area (Å²) in [4.78, 5) is 26.1. The van der Waals surface area contributed by atoms with E-state index in [9.17, 15) is 9.59 Å². The maximum atomic E-state index is 12.3. The van der Waals surface area contributed by atoms with Crippen LogP contribution in [0.1, 0.15) is 23.5 Å². The Morgan fingerprint density at radius 3 is 2.88 bits per heavy atom. The first-order valence-corrected chi connectivity index (χ1v) is 6.53. The van der Waals surface area contributed by atoms with Crippen molar-refractivity contribution in [2.45, 2.75) is 19.4 Å². The third-order valence-corrected chi connectivity index (χ3v) is 4.24. The van der Waals surface area contributed by atoms with Crippen LogP contribution in [0.15, 0.2) is 11.4 Å². The third kappa shape index (κ3) is 2.05. The minimum absolute atomic E-state index is 0.134. The molecule has 0 aliphatic carbocycles. The third-order valence-electron chi connectivity index (χ3n) is 2.91. The molecule has 2 amide bonds. The van der Waals surface area contributed by atoms with Gasteiger partial charge in [0.15, 0.2) is 0 Å². The number of carbonyl (C=O) groups is 2. The number of hydrogen-bond acceptors (Lipinski definition) is 3. The SMILES string of the molecule is CC1(C)C(=O)NCCN1C(=O)c1sccc1Cl. The highest BCUT2D eigenvalue weighted by Gasteiger charge is 2.41. The Hall–Kier alpha value is -1.07. The van der Waals surface area contributed by atoms with Crippen molar-refractivity contribution in [2.24, 2.45) is 0 Å². The molecule has 6 heteroatoms. The molecule has 1 N–H and O–H groups in total. The molecule has 1 aromatic rings. The van der Waals surface area contributed by atoms with Crippen LogP contribution < -0.4 is 5.32 Å². The normalized spacial score (nSPS) is 19.0. The van der Waals surface area contributed by atoms with E-state index in [4.69, 9.17) is 11.6 Å². The Morgan fingerprint density at radius 2 is 2.29 bits per heavy atom. The Labute approximate surface area is 109 Å². The number of nitrogens with zero attached hydrogens (tertiary/aromatic N) is 1. The average Bonchev–Trinajstić information content (AvgIpc) is 2.68. The van der Waals surface area contributed by atoms with E-state index >= 15 is 0 Å². The fourth-order valence-electron chi connectivity index (χ4n) is 1.82. The molecule has 0 radical (unpaired) electrons. The molecule has 4 nitrogen and oxygen atoms in total. The Balaban J connectivity index is 2.31. The molecule has 0 saturated carbocycles. The molecule has 0 spiro atoms. The van der Waals surface area contributed by atoms with Crippen LogP contribution in [0.5, 0.6) is 0 Å². The number of carbonyl (C=O) groups excluding carboxylic acids is 2. The quantitative estimate of drug-likeness (QED) is 0.847. The van der Waals surface area contributed by atoms with Crippen LogP contribution in [-0.4, -0.2) is 35.3 Å². The molecule has 1 aromatic heterocycles. The van der Waals surface area contributed by atoms with Crippen LogP contribution in [-0.2, 0) is 4.79 Å². The predicted molar refractivity (Wildman–Crippen MR) is 67.5 cm³/mol. The molecule has 2 rings (SSSR count). The second-order valence-electron chi connectivity index (χ2n) is 4.37. The number of rotatable bonds is 1. The van der Waals surface area contributed by atoms with Gasteiger partial charge in [-0.2, -0.15) is 0 Å². The maximum Gasteiger partial charge on any atom is 0.266 e. The van der Waals surface area contributed by atoms with Crippen LogP contribution in [0, 0.1) is 0 Å². The minimum atomic E-state index is -0.831. The van der Waals surface area contributed by atoms with Gasteiger partial charge in [0.2, 0.25) is 5.91 Å². The maximum absolute atomic E-state index is 12.3. The summed E-state index contributed by atoms with van der Waals surface area (Å²) >= 11 is 7.24. The number of thiophene rings is 1. The Kier molecular flexibility index (Phi) is 3.14. The molecule has 0 unspecified atom stereocenters. The number of hydrogen-bond donors (Lipinski definition) is 1. The van der Waals surface area contributed by atoms with Crippen molar-refractivity contribution in [3.63, 3.8) is 0 Å². The van der Waals surface area contributed by atoms with E-state index in [0.29, 0.717) is 23.0 Å². The van der Waals surface area contributed by atoms with Gasteiger partial charge in [-0.15, -0.1) is 11.3 Å². The molecule has 1 aliphatic heterocycles. The smallest absolute Gasteiger partial charge is 0.266 e. The van der Waals surface area contributed by atoms with E-state index < -0.39 is 5.54 Å². The zero-order chi connectivity index (χ0) is 12.6. The molecule has 0 aromatic carbocycles. The number of piperazine rings is 1. The Morgan fingerprint density at radius 1 is 1.59 bits per heavy atom. The van der Waals surface area contributed by atoms with Gasteiger partial charge in [0, 0.05) is 13.1 Å². The summed E-state index contributed by atoms with van der Waals surface area (Å²) in [7, 11) is 0. The van der Waals surface area contributed by atoms with E-state index in [2.05, 4.69) is 5.32 Å². The van der Waals surface area contributed by atoms with Gasteiger partial charge in [0.05, 0.1) is 5.02 Å². The fourth-order valence-corrected chi connectivity index (χ4v) is 2.91. The van der Waals surface area contributed by atoms with Gasteiger partial charge < -0.3 is 10.2 Å². The van der Waals surface area contributed by atoms with Gasteiger partial charge in [-0.3, -0.25) is 9.59 Å². The van der Waals surface area contributed by atoms with E-state index in [-0.39, 0.29) is 11.8 Å². The van der Waals surface area contributed by atoms with Gasteiger partial charge in [-0.1, -0.05) is 11.6 Å². The lowest BCUT2D eigenvalue weighted by Crippen LogP contribution is -2.63. The summed E-state index contributed by atoms with van der Waals surface area (Å²) in [5.74, 6) is -0.311. The predicted octanol–water partition coefficient (Wildman–Crippen LogP) is 1.75. The molecule has 1 fully saturated rings. The summed E-state index contributed by atoms with van der Waals surface area (Å²) < 4.78 is 0. The van der Waals surface area contributed by atoms with Crippen molar-refractivity contribution >= 4 is 34.8 Å². The standard InChI is InChI=1S/C11H13ClN2O2S/c1-11(2)10(16)13-4-5-14(11)9(15)8-7(12)3-6-17-8/h3,6H,4-5H2,1-2H3,(H,13,16). The van der Waals surface area contributed by atoms with E-state index in [1.54, 1.807) is 30.2 Å². The molecule has 17 heavy (non-hydrogen) atoms. The lowest BCUT2D eigenvalue weighted by Gasteiger charge is -2.40. The van der Waals surface area contributed by atoms with Crippen molar-refractivity contribution in [1.82, 2.24) is 10.2 Å². The van der Waals surface area contributed by atoms with Crippen LogP contribution >= 0.6 is 22.9 Å². The fraction of sp³-hybridized carbons (Fsp3) is 0.455. The zero-order valence-corrected chi connectivity index (χ0v) is 11.2. The summed E-state index contributed by atoms with van der Waals surface area (Å²) in [5.41, 5.74) is -0.831. The van der Waals surface area contributed by atoms with Gasteiger partial charge in [-0.25, -0.2) is 0 Å². The summed E-state index contributed by atoms with van der Waals surface area (Å²) in [6, 6.07) is 1.69. The van der Waals surface area contributed by atoms with Crippen molar-refractivity contribution in [2.75, 3.05) is 13.1 Å². The lowest BCUT2D eigenvalue weighted by molar-refractivity contribution is -0.133. The first-order valence-electron chi connectivity index (χ1n) is 5.28. The summed E-state index contributed by atoms with van der Waals surface area (Å²) in [5, 5.41) is 4.97. The minimum Gasteiger partial charge on any atom is -0.352 e. The van der Waals surface area contributed by atoms with Crippen LogP contribution in [0.2, 0.25) is 5.02 Å². The summed E-state index contributed by atoms with van der Waals surface area (Å²) in [6.07, 6.45) is 0. The molecule has 2 heterocycles. The van der Waals surface area contributed by atoms with Crippen LogP contribution in [0.25, 0.3) is 0 Å². The molecule has 0 atom stereocenters. The largest absolute Gasteiger partial charge is 0.352 e. The van der Waals surface area contributed by atoms with Crippen LogP contribution in [0.3, 0.4) is 0 Å². The van der Waals surface area contributed by atoms with Gasteiger partial charge in [0.25, 0.3) is 5.91 Å². The van der Waals surface area contributed by atoms with E-state index in [1.165, 1.54) is 11.3 Å². The topological polar surface area (TPSA) is 49.4 Å². The molecule has 1 saturated heterocycles. The second kappa shape index (κ2) is 4.31. The Bertz CT molecular complexity index is 470. The van der Waals surface area contributed by atoms with Crippen molar-refractivity contribution in [1.29, 1.82) is 0 Å². The number of amides is 2. The number of halogens is 1. The van der Waals surface area contributed by atoms with Gasteiger partial charge in [0.1, 0.15) is 10.4 Å². The first kappa shape index (κ1) is 12.4. The van der Waals surface area contributed by atoms with E-state index in [1.807, 2.05) is 0 Å². The van der Waals surface area contributed by atoms with Crippen molar-refractivity contribution in [3.8, 4) is 0 Å². The van der Waals surface area contributed by atoms with Crippen molar-refractivity contribution < 1.29 is 9.59 Å². The second-order valence-corrected chi connectivity index (χ2v) is 5.69. The molecular formula is C11H13ClN2O2S. The highest BCUT2D eigenvalue weighted by Crippen LogP contribution is 2.27. The highest BCUT2D eigenvalue weighted by molar-refractivity contribution is 7.12. The molecule has 1 aliphatic rings.